The molecular formula is C15H28N2O4. The Kier molecular flexibility index (Phi) is 6.16. The summed E-state index contributed by atoms with van der Waals surface area (Å²) in [5.41, 5.74) is 4.95. The quantitative estimate of drug-likeness (QED) is 0.515. The van der Waals surface area contributed by atoms with Crippen LogP contribution in [0.4, 0.5) is 0 Å². The van der Waals surface area contributed by atoms with E-state index in [9.17, 15) is 9.59 Å². The number of ether oxygens (including phenoxy) is 2. The highest BCUT2D eigenvalue weighted by Gasteiger charge is 2.62. The first-order valence-electron chi connectivity index (χ1n) is 7.64. The number of hydrogen-bond acceptors (Lipinski definition) is 5. The van der Waals surface area contributed by atoms with Crippen LogP contribution in [0.5, 0.6) is 0 Å². The van der Waals surface area contributed by atoms with Crippen LogP contribution in [0.2, 0.25) is 0 Å². The monoisotopic (exact) mass is 300 g/mol. The molecule has 0 aromatic carbocycles. The Morgan fingerprint density at radius 2 is 1.95 bits per heavy atom. The zero-order chi connectivity index (χ0) is 16.1. The van der Waals surface area contributed by atoms with Crippen LogP contribution in [0.3, 0.4) is 0 Å². The lowest BCUT2D eigenvalue weighted by Crippen LogP contribution is -2.75. The summed E-state index contributed by atoms with van der Waals surface area (Å²) >= 11 is 0. The highest BCUT2D eigenvalue weighted by atomic mass is 16.5. The van der Waals surface area contributed by atoms with Crippen molar-refractivity contribution in [2.24, 2.45) is 11.1 Å². The Labute approximate surface area is 126 Å². The van der Waals surface area contributed by atoms with E-state index in [4.69, 9.17) is 15.2 Å². The molecule has 0 aromatic heterocycles. The van der Waals surface area contributed by atoms with Gasteiger partial charge in [0, 0.05) is 31.4 Å². The van der Waals surface area contributed by atoms with Gasteiger partial charge in [-0.05, 0) is 20.3 Å². The molecule has 0 aliphatic heterocycles. The first-order valence-corrected chi connectivity index (χ1v) is 7.64. The van der Waals surface area contributed by atoms with Crippen molar-refractivity contribution in [2.45, 2.75) is 58.6 Å². The number of hydrogen-bond donors (Lipinski definition) is 2. The normalized spacial score (nSPS) is 26.8. The van der Waals surface area contributed by atoms with E-state index in [-0.39, 0.29) is 18.0 Å². The highest BCUT2D eigenvalue weighted by Crippen LogP contribution is 2.49. The molecule has 122 valence electrons. The van der Waals surface area contributed by atoms with Gasteiger partial charge in [0.1, 0.15) is 5.54 Å². The minimum atomic E-state index is -0.906. The molecule has 1 aliphatic rings. The van der Waals surface area contributed by atoms with Crippen LogP contribution in [-0.4, -0.2) is 43.3 Å². The lowest BCUT2D eigenvalue weighted by atomic mass is 9.54. The zero-order valence-electron chi connectivity index (χ0n) is 13.5. The van der Waals surface area contributed by atoms with Gasteiger partial charge in [-0.25, -0.2) is 0 Å². The summed E-state index contributed by atoms with van der Waals surface area (Å²) in [6.45, 7) is 9.03. The van der Waals surface area contributed by atoms with E-state index >= 15 is 0 Å². The average molecular weight is 300 g/mol. The molecule has 0 radical (unpaired) electrons. The largest absolute Gasteiger partial charge is 0.466 e. The zero-order valence-corrected chi connectivity index (χ0v) is 13.5. The summed E-state index contributed by atoms with van der Waals surface area (Å²) in [5.74, 6) is -0.415. The Balaban J connectivity index is 2.37. The van der Waals surface area contributed by atoms with Crippen molar-refractivity contribution in [1.29, 1.82) is 0 Å². The predicted octanol–water partition coefficient (Wildman–Crippen LogP) is 0.978. The molecule has 6 heteroatoms. The highest BCUT2D eigenvalue weighted by molar-refractivity contribution is 5.88. The van der Waals surface area contributed by atoms with Crippen molar-refractivity contribution in [1.82, 2.24) is 5.32 Å². The van der Waals surface area contributed by atoms with Crippen molar-refractivity contribution < 1.29 is 19.1 Å². The number of esters is 1. The maximum Gasteiger partial charge on any atom is 0.305 e. The summed E-state index contributed by atoms with van der Waals surface area (Å²) in [4.78, 5) is 23.5. The Morgan fingerprint density at radius 1 is 1.29 bits per heavy atom. The molecule has 0 aromatic rings. The van der Waals surface area contributed by atoms with Crippen LogP contribution >= 0.6 is 0 Å². The molecule has 1 amide bonds. The van der Waals surface area contributed by atoms with Crippen molar-refractivity contribution >= 4 is 11.9 Å². The van der Waals surface area contributed by atoms with Gasteiger partial charge in [0.05, 0.1) is 12.7 Å². The first-order chi connectivity index (χ1) is 9.79. The maximum absolute atomic E-state index is 12.3. The van der Waals surface area contributed by atoms with Gasteiger partial charge in [0.15, 0.2) is 0 Å². The molecular weight excluding hydrogens is 272 g/mol. The summed E-state index contributed by atoms with van der Waals surface area (Å²) in [5, 5.41) is 2.81. The Bertz CT molecular complexity index is 384. The van der Waals surface area contributed by atoms with Crippen LogP contribution in [0.1, 0.15) is 47.0 Å². The second-order valence-corrected chi connectivity index (χ2v) is 6.01. The van der Waals surface area contributed by atoms with Crippen molar-refractivity contribution in [3.63, 3.8) is 0 Å². The minimum absolute atomic E-state index is 0.0118. The van der Waals surface area contributed by atoms with Crippen molar-refractivity contribution in [3.8, 4) is 0 Å². The molecule has 0 heterocycles. The van der Waals surface area contributed by atoms with Crippen LogP contribution in [-0.2, 0) is 19.1 Å². The predicted molar refractivity (Wildman–Crippen MR) is 79.6 cm³/mol. The third-order valence-electron chi connectivity index (χ3n) is 4.38. The van der Waals surface area contributed by atoms with Crippen LogP contribution in [0.15, 0.2) is 0 Å². The summed E-state index contributed by atoms with van der Waals surface area (Å²) < 4.78 is 10.4. The first kappa shape index (κ1) is 17.9. The molecule has 3 N–H and O–H groups in total. The fourth-order valence-electron chi connectivity index (χ4n) is 2.65. The number of nitrogens with one attached hydrogen (secondary N) is 1. The molecule has 1 fully saturated rings. The summed E-state index contributed by atoms with van der Waals surface area (Å²) in [7, 11) is 0. The third-order valence-corrected chi connectivity index (χ3v) is 4.38. The molecule has 1 rings (SSSR count). The number of nitrogens with two attached hydrogens (primary N) is 1. The van der Waals surface area contributed by atoms with Crippen LogP contribution in [0.25, 0.3) is 0 Å². The van der Waals surface area contributed by atoms with Crippen LogP contribution in [0, 0.1) is 5.41 Å². The Morgan fingerprint density at radius 3 is 2.48 bits per heavy atom. The van der Waals surface area contributed by atoms with Gasteiger partial charge in [0.2, 0.25) is 5.91 Å². The third kappa shape index (κ3) is 3.74. The fraction of sp³-hybridized carbons (Fsp3) is 0.867. The lowest BCUT2D eigenvalue weighted by molar-refractivity contribution is -0.170. The van der Waals surface area contributed by atoms with E-state index in [0.717, 1.165) is 0 Å². The smallest absolute Gasteiger partial charge is 0.305 e. The van der Waals surface area contributed by atoms with E-state index in [2.05, 4.69) is 5.32 Å². The molecule has 0 bridgehead atoms. The summed E-state index contributed by atoms with van der Waals surface area (Å²) in [6.07, 6.45) is 1.39. The fourth-order valence-corrected chi connectivity index (χ4v) is 2.65. The van der Waals surface area contributed by atoms with Gasteiger partial charge in [-0.2, -0.15) is 0 Å². The second kappa shape index (κ2) is 7.22. The van der Waals surface area contributed by atoms with Crippen molar-refractivity contribution in [2.75, 3.05) is 19.8 Å². The second-order valence-electron chi connectivity index (χ2n) is 6.01. The number of amides is 1. The number of carbonyl (C=O) groups excluding carboxylic acids is 2. The van der Waals surface area contributed by atoms with Crippen molar-refractivity contribution in [3.05, 3.63) is 0 Å². The number of carbonyl (C=O) groups is 2. The van der Waals surface area contributed by atoms with E-state index < -0.39 is 11.0 Å². The molecule has 2 atom stereocenters. The maximum atomic E-state index is 12.3. The molecule has 1 saturated carbocycles. The molecule has 0 spiro atoms. The average Bonchev–Trinajstić information content (AvgIpc) is 2.43. The van der Waals surface area contributed by atoms with Gasteiger partial charge < -0.3 is 20.5 Å². The minimum Gasteiger partial charge on any atom is -0.466 e. The van der Waals surface area contributed by atoms with E-state index in [1.54, 1.807) is 6.92 Å². The van der Waals surface area contributed by atoms with E-state index in [0.29, 0.717) is 39.0 Å². The SMILES string of the molecule is CCOC(=O)CCCNC(=O)C1(N)CC(OCC)C1(C)C. The number of rotatable bonds is 8. The van der Waals surface area contributed by atoms with Gasteiger partial charge in [-0.3, -0.25) is 9.59 Å². The van der Waals surface area contributed by atoms with Gasteiger partial charge in [0.25, 0.3) is 0 Å². The molecule has 6 nitrogen and oxygen atoms in total. The van der Waals surface area contributed by atoms with E-state index in [1.807, 2.05) is 20.8 Å². The van der Waals surface area contributed by atoms with Gasteiger partial charge >= 0.3 is 5.97 Å². The standard InChI is InChI=1S/C15H28N2O4/c1-5-20-11-10-15(16,14(11,3)4)13(19)17-9-7-8-12(18)21-6-2/h11H,5-10,16H2,1-4H3,(H,17,19). The topological polar surface area (TPSA) is 90.7 Å². The lowest BCUT2D eigenvalue weighted by Gasteiger charge is -2.57. The molecule has 2 unspecified atom stereocenters. The molecule has 1 aliphatic carbocycles. The van der Waals surface area contributed by atoms with Gasteiger partial charge in [-0.1, -0.05) is 13.8 Å². The van der Waals surface area contributed by atoms with Gasteiger partial charge in [-0.15, -0.1) is 0 Å². The molecule has 21 heavy (non-hydrogen) atoms. The van der Waals surface area contributed by atoms with E-state index in [1.165, 1.54) is 0 Å². The summed E-state index contributed by atoms with van der Waals surface area (Å²) in [6, 6.07) is 0. The Hall–Kier alpha value is -1.14. The molecule has 0 saturated heterocycles. The van der Waals surface area contributed by atoms with Crippen LogP contribution < -0.4 is 11.1 Å².